The van der Waals surface area contributed by atoms with E-state index in [-0.39, 0.29) is 11.9 Å². The molecule has 0 aliphatic rings. The smallest absolute Gasteiger partial charge is 0.338 e. The summed E-state index contributed by atoms with van der Waals surface area (Å²) in [5, 5.41) is 2.83. The van der Waals surface area contributed by atoms with E-state index in [4.69, 9.17) is 4.74 Å². The molecule has 0 atom stereocenters. The van der Waals surface area contributed by atoms with Crippen LogP contribution in [-0.2, 0) is 16.0 Å². The molecule has 0 aliphatic heterocycles. The number of hydrogen-bond acceptors (Lipinski definition) is 4. The first-order valence-electron chi connectivity index (χ1n) is 8.95. The van der Waals surface area contributed by atoms with Crippen LogP contribution in [0.4, 0.5) is 5.69 Å². The molecule has 0 bridgehead atoms. The molecule has 0 spiro atoms. The molecule has 2 rings (SSSR count). The fourth-order valence-electron chi connectivity index (χ4n) is 2.57. The average molecular weight is 354 g/mol. The van der Waals surface area contributed by atoms with Crippen molar-refractivity contribution in [2.75, 3.05) is 31.6 Å². The minimum atomic E-state index is -0.348. The summed E-state index contributed by atoms with van der Waals surface area (Å²) < 4.78 is 5.29. The van der Waals surface area contributed by atoms with E-state index in [2.05, 4.69) is 24.1 Å². The van der Waals surface area contributed by atoms with Crippen LogP contribution in [-0.4, -0.2) is 43.0 Å². The standard InChI is InChI=1S/C21H26N2O3/c1-3-23(4-2)14-15-26-21(25)18-10-12-19(13-11-18)22-20(24)16-17-8-6-5-7-9-17/h5-13H,3-4,14-16H2,1-2H3,(H,22,24). The van der Waals surface area contributed by atoms with Gasteiger partial charge in [-0.05, 0) is 42.9 Å². The van der Waals surface area contributed by atoms with Gasteiger partial charge in [-0.25, -0.2) is 4.79 Å². The first-order valence-corrected chi connectivity index (χ1v) is 8.95. The lowest BCUT2D eigenvalue weighted by Crippen LogP contribution is -2.27. The number of anilines is 1. The predicted molar refractivity (Wildman–Crippen MR) is 103 cm³/mol. The Kier molecular flexibility index (Phi) is 7.83. The molecule has 0 aliphatic carbocycles. The highest BCUT2D eigenvalue weighted by Gasteiger charge is 2.09. The zero-order valence-electron chi connectivity index (χ0n) is 15.4. The van der Waals surface area contributed by atoms with E-state index < -0.39 is 0 Å². The van der Waals surface area contributed by atoms with Crippen LogP contribution in [0.1, 0.15) is 29.8 Å². The van der Waals surface area contributed by atoms with Gasteiger partial charge >= 0.3 is 5.97 Å². The number of amides is 1. The third-order valence-electron chi connectivity index (χ3n) is 4.15. The van der Waals surface area contributed by atoms with Crippen LogP contribution < -0.4 is 5.32 Å². The number of rotatable bonds is 9. The van der Waals surface area contributed by atoms with Crippen LogP contribution in [0.15, 0.2) is 54.6 Å². The number of benzene rings is 2. The SMILES string of the molecule is CCN(CC)CCOC(=O)c1ccc(NC(=O)Cc2ccccc2)cc1. The zero-order chi connectivity index (χ0) is 18.8. The van der Waals surface area contributed by atoms with Crippen molar-refractivity contribution in [3.63, 3.8) is 0 Å². The van der Waals surface area contributed by atoms with Gasteiger partial charge in [-0.3, -0.25) is 4.79 Å². The lowest BCUT2D eigenvalue weighted by atomic mass is 10.1. The van der Waals surface area contributed by atoms with Crippen molar-refractivity contribution in [2.24, 2.45) is 0 Å². The summed E-state index contributed by atoms with van der Waals surface area (Å²) >= 11 is 0. The predicted octanol–water partition coefficient (Wildman–Crippen LogP) is 3.37. The maximum Gasteiger partial charge on any atom is 0.338 e. The quantitative estimate of drug-likeness (QED) is 0.702. The minimum absolute atomic E-state index is 0.0919. The Morgan fingerprint density at radius 3 is 2.23 bits per heavy atom. The average Bonchev–Trinajstić information content (AvgIpc) is 2.66. The molecule has 5 heteroatoms. The van der Waals surface area contributed by atoms with Gasteiger partial charge in [-0.1, -0.05) is 44.2 Å². The number of ether oxygens (including phenoxy) is 1. The van der Waals surface area contributed by atoms with Gasteiger partial charge < -0.3 is 15.0 Å². The summed E-state index contributed by atoms with van der Waals surface area (Å²) in [5.74, 6) is -0.440. The third-order valence-corrected chi connectivity index (χ3v) is 4.15. The summed E-state index contributed by atoms with van der Waals surface area (Å²) in [6, 6.07) is 16.3. The molecular weight excluding hydrogens is 328 g/mol. The zero-order valence-corrected chi connectivity index (χ0v) is 15.4. The van der Waals surface area contributed by atoms with Gasteiger partial charge in [-0.2, -0.15) is 0 Å². The Morgan fingerprint density at radius 2 is 1.62 bits per heavy atom. The van der Waals surface area contributed by atoms with Crippen LogP contribution in [0.25, 0.3) is 0 Å². The molecule has 0 radical (unpaired) electrons. The lowest BCUT2D eigenvalue weighted by molar-refractivity contribution is -0.115. The number of carbonyl (C=O) groups excluding carboxylic acids is 2. The Balaban J connectivity index is 1.81. The van der Waals surface area contributed by atoms with E-state index in [9.17, 15) is 9.59 Å². The second kappa shape index (κ2) is 10.4. The van der Waals surface area contributed by atoms with E-state index in [1.165, 1.54) is 0 Å². The number of hydrogen-bond donors (Lipinski definition) is 1. The van der Waals surface area contributed by atoms with Gasteiger partial charge in [0.2, 0.25) is 5.91 Å². The van der Waals surface area contributed by atoms with E-state index in [1.54, 1.807) is 24.3 Å². The highest BCUT2D eigenvalue weighted by molar-refractivity contribution is 5.94. The van der Waals surface area contributed by atoms with Gasteiger partial charge in [0, 0.05) is 12.2 Å². The molecule has 5 nitrogen and oxygen atoms in total. The van der Waals surface area contributed by atoms with Crippen LogP contribution in [0.5, 0.6) is 0 Å². The van der Waals surface area contributed by atoms with Crippen LogP contribution in [0.2, 0.25) is 0 Å². The Bertz CT molecular complexity index is 695. The summed E-state index contributed by atoms with van der Waals surface area (Å²) in [4.78, 5) is 26.3. The molecule has 1 N–H and O–H groups in total. The largest absolute Gasteiger partial charge is 0.461 e. The summed E-state index contributed by atoms with van der Waals surface area (Å²) in [6.45, 7) is 7.13. The van der Waals surface area contributed by atoms with Crippen molar-refractivity contribution in [2.45, 2.75) is 20.3 Å². The maximum absolute atomic E-state index is 12.1. The molecule has 138 valence electrons. The lowest BCUT2D eigenvalue weighted by Gasteiger charge is -2.17. The van der Waals surface area contributed by atoms with Crippen molar-refractivity contribution < 1.29 is 14.3 Å². The van der Waals surface area contributed by atoms with Crippen molar-refractivity contribution in [1.82, 2.24) is 4.90 Å². The molecule has 2 aromatic rings. The monoisotopic (exact) mass is 354 g/mol. The number of carbonyl (C=O) groups is 2. The van der Waals surface area contributed by atoms with Gasteiger partial charge in [0.25, 0.3) is 0 Å². The first-order chi connectivity index (χ1) is 12.6. The summed E-state index contributed by atoms with van der Waals surface area (Å²) in [6.07, 6.45) is 0.315. The third kappa shape index (κ3) is 6.33. The fraction of sp³-hybridized carbons (Fsp3) is 0.333. The molecule has 0 aromatic heterocycles. The van der Waals surface area contributed by atoms with Gasteiger partial charge in [0.05, 0.1) is 12.0 Å². The van der Waals surface area contributed by atoms with Gasteiger partial charge in [0.15, 0.2) is 0 Å². The summed E-state index contributed by atoms with van der Waals surface area (Å²) in [7, 11) is 0. The normalized spacial score (nSPS) is 10.6. The molecule has 0 fully saturated rings. The second-order valence-electron chi connectivity index (χ2n) is 5.95. The highest BCUT2D eigenvalue weighted by atomic mass is 16.5. The molecule has 2 aromatic carbocycles. The van der Waals surface area contributed by atoms with Crippen molar-refractivity contribution in [3.8, 4) is 0 Å². The molecule has 0 saturated carbocycles. The highest BCUT2D eigenvalue weighted by Crippen LogP contribution is 2.11. The number of nitrogens with zero attached hydrogens (tertiary/aromatic N) is 1. The number of esters is 1. The Hall–Kier alpha value is -2.66. The first kappa shape index (κ1) is 19.7. The van der Waals surface area contributed by atoms with Gasteiger partial charge in [0.1, 0.15) is 6.61 Å². The number of likely N-dealkylation sites (N-methyl/N-ethyl adjacent to an activating group) is 1. The topological polar surface area (TPSA) is 58.6 Å². The van der Waals surface area contributed by atoms with E-state index in [0.717, 1.165) is 25.2 Å². The minimum Gasteiger partial charge on any atom is -0.461 e. The van der Waals surface area contributed by atoms with Crippen LogP contribution in [0.3, 0.4) is 0 Å². The Labute approximate surface area is 155 Å². The van der Waals surface area contributed by atoms with Crippen molar-refractivity contribution >= 4 is 17.6 Å². The second-order valence-corrected chi connectivity index (χ2v) is 5.95. The maximum atomic E-state index is 12.1. The van der Waals surface area contributed by atoms with E-state index in [0.29, 0.717) is 24.3 Å². The summed E-state index contributed by atoms with van der Waals surface area (Å²) in [5.41, 5.74) is 2.09. The van der Waals surface area contributed by atoms with Crippen molar-refractivity contribution in [1.29, 1.82) is 0 Å². The molecule has 1 amide bonds. The Morgan fingerprint density at radius 1 is 0.962 bits per heavy atom. The van der Waals surface area contributed by atoms with Crippen molar-refractivity contribution in [3.05, 3.63) is 65.7 Å². The molecule has 0 heterocycles. The molecule has 26 heavy (non-hydrogen) atoms. The van der Waals surface area contributed by atoms with E-state index in [1.807, 2.05) is 30.3 Å². The van der Waals surface area contributed by atoms with E-state index >= 15 is 0 Å². The van der Waals surface area contributed by atoms with Crippen LogP contribution >= 0.6 is 0 Å². The molecule has 0 saturated heterocycles. The molecule has 0 unspecified atom stereocenters. The fourth-order valence-corrected chi connectivity index (χ4v) is 2.57. The van der Waals surface area contributed by atoms with Crippen LogP contribution in [0, 0.1) is 0 Å². The number of nitrogens with one attached hydrogen (secondary N) is 1. The van der Waals surface area contributed by atoms with Gasteiger partial charge in [-0.15, -0.1) is 0 Å². The molecular formula is C21H26N2O3.